The Hall–Kier alpha value is -3.88. The van der Waals surface area contributed by atoms with Crippen LogP contribution in [0.1, 0.15) is 18.0 Å². The molecule has 0 saturated heterocycles. The Balaban J connectivity index is 1.77. The van der Waals surface area contributed by atoms with Crippen molar-refractivity contribution in [1.29, 1.82) is 0 Å². The topological polar surface area (TPSA) is 121 Å². The summed E-state index contributed by atoms with van der Waals surface area (Å²) in [6.07, 6.45) is 5.84. The summed E-state index contributed by atoms with van der Waals surface area (Å²) >= 11 is 0. The lowest BCUT2D eigenvalue weighted by Gasteiger charge is -2.25. The van der Waals surface area contributed by atoms with Gasteiger partial charge in [0.05, 0.1) is 12.5 Å². The lowest BCUT2D eigenvalue weighted by atomic mass is 10.0. The van der Waals surface area contributed by atoms with Gasteiger partial charge in [-0.05, 0) is 29.8 Å². The highest BCUT2D eigenvalue weighted by Gasteiger charge is 2.32. The number of carboxylic acids is 1. The number of urea groups is 1. The van der Waals surface area contributed by atoms with Gasteiger partial charge in [0, 0.05) is 37.4 Å². The SMILES string of the molecule is CN1C=CC(=O)C(NC(=O)NC(CC(=O)O)c2cccc(-n3cccc3)c2)C1=O. The third-order valence-electron chi connectivity index (χ3n) is 4.48. The molecule has 1 aliphatic rings. The third kappa shape index (κ3) is 4.70. The van der Waals surface area contributed by atoms with Gasteiger partial charge in [0.2, 0.25) is 0 Å². The van der Waals surface area contributed by atoms with Gasteiger partial charge in [0.1, 0.15) is 0 Å². The minimum absolute atomic E-state index is 0.366. The summed E-state index contributed by atoms with van der Waals surface area (Å²) in [5.41, 5.74) is 1.38. The van der Waals surface area contributed by atoms with Crippen molar-refractivity contribution in [3.63, 3.8) is 0 Å². The molecule has 150 valence electrons. The van der Waals surface area contributed by atoms with Crippen LogP contribution in [0, 0.1) is 0 Å². The van der Waals surface area contributed by atoms with E-state index in [1.807, 2.05) is 35.2 Å². The molecule has 3 N–H and O–H groups in total. The number of hydrogen-bond acceptors (Lipinski definition) is 4. The highest BCUT2D eigenvalue weighted by atomic mass is 16.4. The van der Waals surface area contributed by atoms with E-state index in [1.54, 1.807) is 18.2 Å². The molecule has 3 amide bonds. The van der Waals surface area contributed by atoms with Crippen LogP contribution in [-0.2, 0) is 14.4 Å². The summed E-state index contributed by atoms with van der Waals surface area (Å²) < 4.78 is 1.85. The molecule has 0 fully saturated rings. The Morgan fingerprint density at radius 1 is 1.17 bits per heavy atom. The number of nitrogens with zero attached hydrogens (tertiary/aromatic N) is 2. The Morgan fingerprint density at radius 2 is 1.90 bits per heavy atom. The first-order chi connectivity index (χ1) is 13.8. The molecule has 9 heteroatoms. The zero-order chi connectivity index (χ0) is 21.0. The molecule has 1 aromatic heterocycles. The summed E-state index contributed by atoms with van der Waals surface area (Å²) in [5.74, 6) is -2.22. The van der Waals surface area contributed by atoms with Crippen LogP contribution >= 0.6 is 0 Å². The van der Waals surface area contributed by atoms with Crippen molar-refractivity contribution in [3.05, 3.63) is 66.6 Å². The summed E-state index contributed by atoms with van der Waals surface area (Å²) in [5, 5.41) is 14.1. The average molecular weight is 396 g/mol. The minimum Gasteiger partial charge on any atom is -0.481 e. The monoisotopic (exact) mass is 396 g/mol. The van der Waals surface area contributed by atoms with Crippen LogP contribution in [0.5, 0.6) is 0 Å². The second-order valence-electron chi connectivity index (χ2n) is 6.55. The predicted molar refractivity (Wildman–Crippen MR) is 103 cm³/mol. The maximum atomic E-state index is 12.4. The quantitative estimate of drug-likeness (QED) is 0.634. The van der Waals surface area contributed by atoms with Crippen LogP contribution in [0.2, 0.25) is 0 Å². The molecule has 2 atom stereocenters. The van der Waals surface area contributed by atoms with Crippen molar-refractivity contribution < 1.29 is 24.3 Å². The number of hydrogen-bond donors (Lipinski definition) is 3. The predicted octanol–water partition coefficient (Wildman–Crippen LogP) is 1.22. The van der Waals surface area contributed by atoms with E-state index in [1.165, 1.54) is 24.2 Å². The van der Waals surface area contributed by atoms with Gasteiger partial charge in [-0.15, -0.1) is 0 Å². The molecule has 9 nitrogen and oxygen atoms in total. The standard InChI is InChI=1S/C20H20N4O5/c1-23-10-7-16(25)18(19(23)28)22-20(29)21-15(12-17(26)27)13-5-4-6-14(11-13)24-8-2-3-9-24/h2-11,15,18H,12H2,1H3,(H,26,27)(H2,21,22,29). The average Bonchev–Trinajstić information content (AvgIpc) is 3.22. The molecule has 0 saturated carbocycles. The smallest absolute Gasteiger partial charge is 0.316 e. The fourth-order valence-corrected chi connectivity index (χ4v) is 2.98. The van der Waals surface area contributed by atoms with Gasteiger partial charge in [-0.3, -0.25) is 14.4 Å². The van der Waals surface area contributed by atoms with Gasteiger partial charge < -0.3 is 25.2 Å². The van der Waals surface area contributed by atoms with E-state index in [-0.39, 0.29) is 6.42 Å². The van der Waals surface area contributed by atoms with Crippen LogP contribution in [0.15, 0.2) is 61.1 Å². The summed E-state index contributed by atoms with van der Waals surface area (Å²) in [7, 11) is 1.47. The molecular formula is C20H20N4O5. The van der Waals surface area contributed by atoms with E-state index in [4.69, 9.17) is 0 Å². The first-order valence-corrected chi connectivity index (χ1v) is 8.86. The highest BCUT2D eigenvalue weighted by molar-refractivity contribution is 6.14. The number of amides is 3. The van der Waals surface area contributed by atoms with Crippen LogP contribution in [-0.4, -0.2) is 51.4 Å². The van der Waals surface area contributed by atoms with Crippen molar-refractivity contribution in [1.82, 2.24) is 20.1 Å². The molecule has 29 heavy (non-hydrogen) atoms. The molecule has 2 heterocycles. The Morgan fingerprint density at radius 3 is 2.59 bits per heavy atom. The number of ketones is 1. The molecular weight excluding hydrogens is 376 g/mol. The lowest BCUT2D eigenvalue weighted by molar-refractivity contribution is -0.138. The molecule has 1 aromatic carbocycles. The number of carboxylic acid groups (broad SMARTS) is 1. The van der Waals surface area contributed by atoms with Crippen LogP contribution in [0.25, 0.3) is 5.69 Å². The normalized spacial score (nSPS) is 17.1. The van der Waals surface area contributed by atoms with E-state index in [0.717, 1.165) is 5.69 Å². The second-order valence-corrected chi connectivity index (χ2v) is 6.55. The molecule has 2 unspecified atom stereocenters. The summed E-state index contributed by atoms with van der Waals surface area (Å²) in [4.78, 5) is 48.9. The molecule has 0 radical (unpaired) electrons. The fourth-order valence-electron chi connectivity index (χ4n) is 2.98. The fraction of sp³-hybridized carbons (Fsp3) is 0.200. The van der Waals surface area contributed by atoms with E-state index in [2.05, 4.69) is 10.6 Å². The van der Waals surface area contributed by atoms with Crippen molar-refractivity contribution >= 4 is 23.7 Å². The Labute approximate surface area is 166 Å². The van der Waals surface area contributed by atoms with Crippen LogP contribution < -0.4 is 10.6 Å². The maximum Gasteiger partial charge on any atom is 0.316 e. The number of aromatic nitrogens is 1. The van der Waals surface area contributed by atoms with Crippen molar-refractivity contribution in [3.8, 4) is 5.69 Å². The molecule has 0 aliphatic carbocycles. The Kier molecular flexibility index (Phi) is 5.77. The number of rotatable bonds is 6. The number of carbonyl (C=O) groups excluding carboxylic acids is 3. The third-order valence-corrected chi connectivity index (χ3v) is 4.48. The van der Waals surface area contributed by atoms with E-state index in [9.17, 15) is 24.3 Å². The number of likely N-dealkylation sites (N-methyl/N-ethyl adjacent to an activating group) is 1. The number of carbonyl (C=O) groups is 4. The second kappa shape index (κ2) is 8.42. The zero-order valence-corrected chi connectivity index (χ0v) is 15.6. The lowest BCUT2D eigenvalue weighted by Crippen LogP contribution is -2.55. The van der Waals surface area contributed by atoms with E-state index in [0.29, 0.717) is 5.56 Å². The number of aliphatic carboxylic acids is 1. The zero-order valence-electron chi connectivity index (χ0n) is 15.6. The maximum absolute atomic E-state index is 12.4. The molecule has 2 aromatic rings. The van der Waals surface area contributed by atoms with Crippen LogP contribution in [0.3, 0.4) is 0 Å². The van der Waals surface area contributed by atoms with E-state index < -0.39 is 35.8 Å². The first kappa shape index (κ1) is 19.9. The minimum atomic E-state index is -1.35. The first-order valence-electron chi connectivity index (χ1n) is 8.86. The Bertz CT molecular complexity index is 967. The number of benzene rings is 1. The van der Waals surface area contributed by atoms with Gasteiger partial charge in [-0.1, -0.05) is 12.1 Å². The molecule has 1 aliphatic heterocycles. The van der Waals surface area contributed by atoms with Gasteiger partial charge >= 0.3 is 12.0 Å². The van der Waals surface area contributed by atoms with Crippen molar-refractivity contribution in [2.24, 2.45) is 0 Å². The van der Waals surface area contributed by atoms with Crippen LogP contribution in [0.4, 0.5) is 4.79 Å². The molecule has 0 spiro atoms. The summed E-state index contributed by atoms with van der Waals surface area (Å²) in [6, 6.07) is 7.78. The highest BCUT2D eigenvalue weighted by Crippen LogP contribution is 2.20. The molecule has 3 rings (SSSR count). The number of nitrogens with one attached hydrogen (secondary N) is 2. The van der Waals surface area contributed by atoms with Gasteiger partial charge in [0.15, 0.2) is 11.8 Å². The molecule has 0 bridgehead atoms. The van der Waals surface area contributed by atoms with Gasteiger partial charge in [-0.2, -0.15) is 0 Å². The van der Waals surface area contributed by atoms with Crippen molar-refractivity contribution in [2.45, 2.75) is 18.5 Å². The van der Waals surface area contributed by atoms with Gasteiger partial charge in [0.25, 0.3) is 5.91 Å². The van der Waals surface area contributed by atoms with Gasteiger partial charge in [-0.25, -0.2) is 4.79 Å². The van der Waals surface area contributed by atoms with Crippen molar-refractivity contribution in [2.75, 3.05) is 7.05 Å². The largest absolute Gasteiger partial charge is 0.481 e. The van der Waals surface area contributed by atoms with E-state index >= 15 is 0 Å². The summed E-state index contributed by atoms with van der Waals surface area (Å²) in [6.45, 7) is 0.